The summed E-state index contributed by atoms with van der Waals surface area (Å²) < 4.78 is 24.3. The molecule has 0 aromatic heterocycles. The predicted octanol–water partition coefficient (Wildman–Crippen LogP) is 1.74. The van der Waals surface area contributed by atoms with Crippen molar-refractivity contribution in [2.24, 2.45) is 0 Å². The molecule has 0 saturated heterocycles. The Morgan fingerprint density at radius 1 is 1.29 bits per heavy atom. The highest BCUT2D eigenvalue weighted by molar-refractivity contribution is 7.92. The highest BCUT2D eigenvalue weighted by Crippen LogP contribution is 2.31. The van der Waals surface area contributed by atoms with Crippen LogP contribution in [0.1, 0.15) is 23.2 Å². The third-order valence-corrected chi connectivity index (χ3v) is 5.34. The average Bonchev–Trinajstić information content (AvgIpc) is 3.10. The SMILES string of the molecule is O=C(CS(=O)(=O)c1ccc(Cl)c(C(=O)O)c1Cl)NC1CC1. The summed E-state index contributed by atoms with van der Waals surface area (Å²) in [6.45, 7) is 0. The molecule has 1 aliphatic carbocycles. The van der Waals surface area contributed by atoms with E-state index in [4.69, 9.17) is 28.3 Å². The van der Waals surface area contributed by atoms with Crippen LogP contribution in [0.2, 0.25) is 10.0 Å². The Morgan fingerprint density at radius 2 is 1.90 bits per heavy atom. The van der Waals surface area contributed by atoms with Crippen molar-refractivity contribution < 1.29 is 23.1 Å². The molecule has 1 aliphatic rings. The van der Waals surface area contributed by atoms with Gasteiger partial charge in [-0.2, -0.15) is 0 Å². The van der Waals surface area contributed by atoms with E-state index in [2.05, 4.69) is 5.32 Å². The second-order valence-corrected chi connectivity index (χ2v) is 7.38. The smallest absolute Gasteiger partial charge is 0.338 e. The lowest BCUT2D eigenvalue weighted by atomic mass is 10.2. The lowest BCUT2D eigenvalue weighted by Crippen LogP contribution is -2.32. The largest absolute Gasteiger partial charge is 0.478 e. The third kappa shape index (κ3) is 3.66. The van der Waals surface area contributed by atoms with Crippen LogP contribution in [0, 0.1) is 0 Å². The molecule has 1 aromatic rings. The summed E-state index contributed by atoms with van der Waals surface area (Å²) in [5, 5.41) is 10.9. The van der Waals surface area contributed by atoms with Crippen LogP contribution in [-0.2, 0) is 14.6 Å². The molecule has 0 aliphatic heterocycles. The molecule has 0 bridgehead atoms. The number of hydrogen-bond donors (Lipinski definition) is 2. The fraction of sp³-hybridized carbons (Fsp3) is 0.333. The monoisotopic (exact) mass is 351 g/mol. The van der Waals surface area contributed by atoms with Crippen molar-refractivity contribution in [3.63, 3.8) is 0 Å². The van der Waals surface area contributed by atoms with Gasteiger partial charge in [0.2, 0.25) is 5.91 Å². The highest BCUT2D eigenvalue weighted by Gasteiger charge is 2.29. The van der Waals surface area contributed by atoms with Crippen LogP contribution in [0.3, 0.4) is 0 Å². The van der Waals surface area contributed by atoms with Gasteiger partial charge in [-0.05, 0) is 25.0 Å². The minimum atomic E-state index is -4.05. The molecule has 9 heteroatoms. The fourth-order valence-corrected chi connectivity index (χ4v) is 3.84. The first kappa shape index (κ1) is 16.1. The van der Waals surface area contributed by atoms with Gasteiger partial charge >= 0.3 is 5.97 Å². The normalized spacial score (nSPS) is 14.8. The minimum Gasteiger partial charge on any atom is -0.478 e. The Bertz CT molecular complexity index is 713. The molecule has 1 fully saturated rings. The molecular formula is C12H11Cl2NO5S. The van der Waals surface area contributed by atoms with Crippen molar-refractivity contribution >= 4 is 44.9 Å². The van der Waals surface area contributed by atoms with Gasteiger partial charge in [-0.25, -0.2) is 13.2 Å². The van der Waals surface area contributed by atoms with Gasteiger partial charge < -0.3 is 10.4 Å². The standard InChI is InChI=1S/C12H11Cl2NO5S/c13-7-3-4-8(11(14)10(7)12(17)18)21(19,20)5-9(16)15-6-1-2-6/h3-4,6H,1-2,5H2,(H,15,16)(H,17,18). The van der Waals surface area contributed by atoms with Crippen LogP contribution in [0.5, 0.6) is 0 Å². The van der Waals surface area contributed by atoms with E-state index in [0.717, 1.165) is 25.0 Å². The number of hydrogen-bond acceptors (Lipinski definition) is 4. The van der Waals surface area contributed by atoms with Crippen LogP contribution >= 0.6 is 23.2 Å². The lowest BCUT2D eigenvalue weighted by Gasteiger charge is -2.10. The van der Waals surface area contributed by atoms with E-state index in [0.29, 0.717) is 0 Å². The maximum absolute atomic E-state index is 12.2. The van der Waals surface area contributed by atoms with Crippen molar-refractivity contribution in [3.8, 4) is 0 Å². The highest BCUT2D eigenvalue weighted by atomic mass is 35.5. The third-order valence-electron chi connectivity index (χ3n) is 2.87. The number of aromatic carboxylic acids is 1. The predicted molar refractivity (Wildman–Crippen MR) is 76.6 cm³/mol. The summed E-state index contributed by atoms with van der Waals surface area (Å²) in [7, 11) is -4.05. The molecule has 114 valence electrons. The maximum atomic E-state index is 12.2. The Hall–Kier alpha value is -1.31. The van der Waals surface area contributed by atoms with E-state index in [1.54, 1.807) is 0 Å². The molecule has 0 radical (unpaired) electrons. The number of sulfone groups is 1. The topological polar surface area (TPSA) is 101 Å². The molecule has 21 heavy (non-hydrogen) atoms. The molecule has 0 atom stereocenters. The molecule has 1 aromatic carbocycles. The Labute approximate surface area is 131 Å². The van der Waals surface area contributed by atoms with Crippen molar-refractivity contribution in [2.45, 2.75) is 23.8 Å². The number of carboxylic acids is 1. The number of carbonyl (C=O) groups is 2. The fourth-order valence-electron chi connectivity index (χ4n) is 1.72. The van der Waals surface area contributed by atoms with Crippen molar-refractivity contribution in [3.05, 3.63) is 27.7 Å². The Morgan fingerprint density at radius 3 is 2.43 bits per heavy atom. The van der Waals surface area contributed by atoms with E-state index >= 15 is 0 Å². The van der Waals surface area contributed by atoms with Gasteiger partial charge in [0.15, 0.2) is 9.84 Å². The lowest BCUT2D eigenvalue weighted by molar-refractivity contribution is -0.118. The first-order valence-electron chi connectivity index (χ1n) is 5.96. The number of benzene rings is 1. The number of halogens is 2. The Balaban J connectivity index is 2.33. The van der Waals surface area contributed by atoms with E-state index in [9.17, 15) is 18.0 Å². The molecular weight excluding hydrogens is 341 g/mol. The second-order valence-electron chi connectivity index (χ2n) is 4.64. The number of rotatable bonds is 5. The molecule has 2 rings (SSSR count). The zero-order chi connectivity index (χ0) is 15.8. The van der Waals surface area contributed by atoms with Gasteiger partial charge in [-0.3, -0.25) is 4.79 Å². The number of nitrogens with one attached hydrogen (secondary N) is 1. The molecule has 0 unspecified atom stereocenters. The van der Waals surface area contributed by atoms with E-state index in [1.807, 2.05) is 0 Å². The molecule has 1 saturated carbocycles. The molecule has 0 heterocycles. The maximum Gasteiger partial charge on any atom is 0.338 e. The molecule has 2 N–H and O–H groups in total. The van der Waals surface area contributed by atoms with Gasteiger partial charge in [0, 0.05) is 6.04 Å². The average molecular weight is 352 g/mol. The van der Waals surface area contributed by atoms with Crippen LogP contribution < -0.4 is 5.32 Å². The number of carboxylic acid groups (broad SMARTS) is 1. The molecule has 0 spiro atoms. The van der Waals surface area contributed by atoms with Crippen LogP contribution in [0.4, 0.5) is 0 Å². The second kappa shape index (κ2) is 5.82. The molecule has 1 amide bonds. The van der Waals surface area contributed by atoms with Crippen molar-refractivity contribution in [1.82, 2.24) is 5.32 Å². The quantitative estimate of drug-likeness (QED) is 0.841. The minimum absolute atomic E-state index is 0.0305. The summed E-state index contributed by atoms with van der Waals surface area (Å²) in [6, 6.07) is 2.25. The zero-order valence-corrected chi connectivity index (χ0v) is 12.9. The number of carbonyl (C=O) groups excluding carboxylic acids is 1. The van der Waals surface area contributed by atoms with Gasteiger partial charge in [0.25, 0.3) is 0 Å². The summed E-state index contributed by atoms with van der Waals surface area (Å²) in [6.07, 6.45) is 1.66. The van der Waals surface area contributed by atoms with Crippen LogP contribution in [0.15, 0.2) is 17.0 Å². The van der Waals surface area contributed by atoms with Crippen molar-refractivity contribution in [2.75, 3.05) is 5.75 Å². The first-order valence-corrected chi connectivity index (χ1v) is 8.36. The van der Waals surface area contributed by atoms with Gasteiger partial charge in [-0.15, -0.1) is 0 Å². The summed E-state index contributed by atoms with van der Waals surface area (Å²) in [4.78, 5) is 22.2. The zero-order valence-electron chi connectivity index (χ0n) is 10.6. The first-order chi connectivity index (χ1) is 9.72. The van der Waals surface area contributed by atoms with E-state index in [1.165, 1.54) is 0 Å². The van der Waals surface area contributed by atoms with E-state index in [-0.39, 0.29) is 11.1 Å². The summed E-state index contributed by atoms with van der Waals surface area (Å²) >= 11 is 11.5. The summed E-state index contributed by atoms with van der Waals surface area (Å²) in [5.74, 6) is -2.87. The number of amides is 1. The van der Waals surface area contributed by atoms with Crippen molar-refractivity contribution in [1.29, 1.82) is 0 Å². The van der Waals surface area contributed by atoms with Gasteiger partial charge in [0.05, 0.1) is 20.5 Å². The van der Waals surface area contributed by atoms with Crippen LogP contribution in [0.25, 0.3) is 0 Å². The van der Waals surface area contributed by atoms with Crippen LogP contribution in [-0.4, -0.2) is 37.2 Å². The van der Waals surface area contributed by atoms with Gasteiger partial charge in [-0.1, -0.05) is 23.2 Å². The molecule has 6 nitrogen and oxygen atoms in total. The Kier molecular flexibility index (Phi) is 4.46. The summed E-state index contributed by atoms with van der Waals surface area (Å²) in [5.41, 5.74) is -0.498. The van der Waals surface area contributed by atoms with E-state index < -0.39 is 42.9 Å². The van der Waals surface area contributed by atoms with Gasteiger partial charge in [0.1, 0.15) is 5.75 Å².